The summed E-state index contributed by atoms with van der Waals surface area (Å²) in [6, 6.07) is 20.4. The molecule has 8 nitrogen and oxygen atoms in total. The van der Waals surface area contributed by atoms with E-state index in [2.05, 4.69) is 0 Å². The lowest BCUT2D eigenvalue weighted by Gasteiger charge is -2.31. The molecule has 0 bridgehead atoms. The number of halogens is 1. The third-order valence-electron chi connectivity index (χ3n) is 8.82. The fraction of sp³-hybridized carbons (Fsp3) is 0.375. The van der Waals surface area contributed by atoms with Crippen LogP contribution >= 0.6 is 0 Å². The second-order valence-electron chi connectivity index (χ2n) is 11.7. The Kier molecular flexibility index (Phi) is 7.11. The van der Waals surface area contributed by atoms with E-state index in [1.807, 2.05) is 67.6 Å². The van der Waals surface area contributed by atoms with Crippen LogP contribution < -0.4 is 19.3 Å². The number of anilines is 3. The van der Waals surface area contributed by atoms with Gasteiger partial charge in [-0.1, -0.05) is 31.2 Å². The van der Waals surface area contributed by atoms with Crippen molar-refractivity contribution < 1.29 is 33.0 Å². The zero-order chi connectivity index (χ0) is 29.8. The van der Waals surface area contributed by atoms with Crippen LogP contribution in [-0.4, -0.2) is 51.8 Å². The SMILES string of the molecule is COc1ccc2c(c1)[C@@]1(O[C@H](CCO)[C@@H]([Si](C)(C)F)[C@@H]1C)C(=O)N2Cc1ccc(N2C(=O)COc3ccccc32)cc1. The van der Waals surface area contributed by atoms with Gasteiger partial charge in [0.2, 0.25) is 8.41 Å². The molecule has 42 heavy (non-hydrogen) atoms. The predicted molar refractivity (Wildman–Crippen MR) is 159 cm³/mol. The Morgan fingerprint density at radius 1 is 1.07 bits per heavy atom. The van der Waals surface area contributed by atoms with Crippen LogP contribution in [0.1, 0.15) is 24.5 Å². The standard InChI is InChI=1S/C32H35FN2O6Si/c1-20-30(42(3,4)33)28(15-16-36)41-32(20)24-17-23(39-2)13-14-25(24)34(31(32)38)18-21-9-11-22(12-10-21)35-26-7-5-6-8-27(26)40-19-29(35)37/h5-14,17,20,28,30,36H,15-16,18-19H2,1-4H3/t20-,28+,30-,32+/m0/s1. The Balaban J connectivity index is 1.35. The maximum atomic E-state index is 15.8. The van der Waals surface area contributed by atoms with Crippen LogP contribution in [0.3, 0.4) is 0 Å². The normalized spacial score (nSPS) is 25.0. The highest BCUT2D eigenvalue weighted by molar-refractivity contribution is 6.72. The minimum Gasteiger partial charge on any atom is -0.497 e. The number of benzene rings is 3. The van der Waals surface area contributed by atoms with Crippen LogP contribution in [-0.2, 0) is 26.5 Å². The minimum atomic E-state index is -3.28. The Morgan fingerprint density at radius 2 is 1.81 bits per heavy atom. The van der Waals surface area contributed by atoms with Crippen molar-refractivity contribution in [2.75, 3.05) is 30.1 Å². The van der Waals surface area contributed by atoms with Gasteiger partial charge in [0.25, 0.3) is 11.8 Å². The van der Waals surface area contributed by atoms with Gasteiger partial charge in [0, 0.05) is 29.3 Å². The second kappa shape index (κ2) is 10.5. The highest BCUT2D eigenvalue weighted by atomic mass is 28.4. The van der Waals surface area contributed by atoms with Crippen molar-refractivity contribution in [3.63, 3.8) is 0 Å². The molecule has 3 aromatic rings. The number of ether oxygens (including phenoxy) is 3. The zero-order valence-electron chi connectivity index (χ0n) is 24.2. The number of hydrogen-bond donors (Lipinski definition) is 1. The first-order chi connectivity index (χ1) is 20.1. The Morgan fingerprint density at radius 3 is 2.50 bits per heavy atom. The molecule has 0 unspecified atom stereocenters. The molecule has 2 amide bonds. The lowest BCUT2D eigenvalue weighted by molar-refractivity contribution is -0.146. The number of nitrogens with zero attached hydrogens (tertiary/aromatic N) is 2. The third kappa shape index (κ3) is 4.40. The first kappa shape index (κ1) is 28.4. The summed E-state index contributed by atoms with van der Waals surface area (Å²) >= 11 is 0. The first-order valence-corrected chi connectivity index (χ1v) is 17.2. The van der Waals surface area contributed by atoms with E-state index in [0.29, 0.717) is 34.1 Å². The summed E-state index contributed by atoms with van der Waals surface area (Å²) in [4.78, 5) is 30.6. The number of aliphatic hydroxyl groups is 1. The topological polar surface area (TPSA) is 88.5 Å². The molecule has 4 atom stereocenters. The molecule has 3 aliphatic heterocycles. The van der Waals surface area contributed by atoms with Crippen LogP contribution in [0.2, 0.25) is 18.6 Å². The molecule has 1 N–H and O–H groups in total. The summed E-state index contributed by atoms with van der Waals surface area (Å²) in [7, 11) is -1.72. The van der Waals surface area contributed by atoms with Gasteiger partial charge in [-0.25, -0.2) is 0 Å². The van der Waals surface area contributed by atoms with Crippen molar-refractivity contribution in [2.45, 2.75) is 50.2 Å². The van der Waals surface area contributed by atoms with Gasteiger partial charge < -0.3 is 28.3 Å². The minimum absolute atomic E-state index is 0.0433. The van der Waals surface area contributed by atoms with E-state index in [0.717, 1.165) is 5.56 Å². The van der Waals surface area contributed by atoms with E-state index in [1.54, 1.807) is 36.1 Å². The highest BCUT2D eigenvalue weighted by Gasteiger charge is 2.66. The Bertz CT molecular complexity index is 1530. The van der Waals surface area contributed by atoms with Crippen LogP contribution in [0.5, 0.6) is 11.5 Å². The molecule has 1 saturated heterocycles. The number of carbonyl (C=O) groups excluding carboxylic acids is 2. The molecule has 10 heteroatoms. The average molecular weight is 591 g/mol. The van der Waals surface area contributed by atoms with Crippen LogP contribution in [0, 0.1) is 5.92 Å². The summed E-state index contributed by atoms with van der Waals surface area (Å²) < 4.78 is 33.4. The van der Waals surface area contributed by atoms with E-state index in [-0.39, 0.29) is 38.0 Å². The molecule has 3 heterocycles. The van der Waals surface area contributed by atoms with Crippen molar-refractivity contribution in [1.82, 2.24) is 0 Å². The molecule has 0 saturated carbocycles. The van der Waals surface area contributed by atoms with Crippen LogP contribution in [0.15, 0.2) is 66.7 Å². The second-order valence-corrected chi connectivity index (χ2v) is 15.5. The molecule has 6 rings (SSSR count). The molecular formula is C32H35FN2O6Si. The lowest BCUT2D eigenvalue weighted by atomic mass is 9.82. The van der Waals surface area contributed by atoms with Gasteiger partial charge in [-0.05, 0) is 67.5 Å². The summed E-state index contributed by atoms with van der Waals surface area (Å²) in [5.41, 5.74) is 1.74. The first-order valence-electron chi connectivity index (χ1n) is 14.2. The van der Waals surface area contributed by atoms with Crippen molar-refractivity contribution >= 4 is 37.3 Å². The number of hydrogen-bond acceptors (Lipinski definition) is 6. The van der Waals surface area contributed by atoms with Crippen molar-refractivity contribution in [3.8, 4) is 11.5 Å². The number of carbonyl (C=O) groups is 2. The highest BCUT2D eigenvalue weighted by Crippen LogP contribution is 2.60. The van der Waals surface area contributed by atoms with E-state index in [4.69, 9.17) is 14.2 Å². The van der Waals surface area contributed by atoms with Gasteiger partial charge in [-0.2, -0.15) is 0 Å². The maximum Gasteiger partial charge on any atom is 0.269 e. The monoisotopic (exact) mass is 590 g/mol. The number of aliphatic hydroxyl groups excluding tert-OH is 1. The van der Waals surface area contributed by atoms with Gasteiger partial charge >= 0.3 is 0 Å². The molecule has 3 aliphatic rings. The summed E-state index contributed by atoms with van der Waals surface area (Å²) in [5, 5.41) is 9.77. The van der Waals surface area contributed by atoms with Gasteiger partial charge in [-0.15, -0.1) is 0 Å². The number of fused-ring (bicyclic) bond motifs is 3. The van der Waals surface area contributed by atoms with E-state index >= 15 is 4.11 Å². The predicted octanol–water partition coefficient (Wildman–Crippen LogP) is 5.46. The third-order valence-corrected chi connectivity index (χ3v) is 11.3. The zero-order valence-corrected chi connectivity index (χ0v) is 25.2. The smallest absolute Gasteiger partial charge is 0.269 e. The van der Waals surface area contributed by atoms with E-state index in [9.17, 15) is 14.7 Å². The average Bonchev–Trinajstić information content (AvgIpc) is 3.40. The number of methoxy groups -OCH3 is 1. The van der Waals surface area contributed by atoms with Crippen LogP contribution in [0.25, 0.3) is 0 Å². The molecule has 1 fully saturated rings. The number of rotatable bonds is 7. The van der Waals surface area contributed by atoms with Crippen molar-refractivity contribution in [2.24, 2.45) is 5.92 Å². The summed E-state index contributed by atoms with van der Waals surface area (Å²) in [6.07, 6.45) is -0.318. The molecule has 1 spiro atoms. The quantitative estimate of drug-likeness (QED) is 0.291. The summed E-state index contributed by atoms with van der Waals surface area (Å²) in [5.74, 6) is 0.364. The molecular weight excluding hydrogens is 555 g/mol. The number of para-hydroxylation sites is 2. The largest absolute Gasteiger partial charge is 0.497 e. The summed E-state index contributed by atoms with van der Waals surface area (Å²) in [6.45, 7) is 5.24. The van der Waals surface area contributed by atoms with Gasteiger partial charge in [-0.3, -0.25) is 14.5 Å². The molecule has 3 aromatic carbocycles. The van der Waals surface area contributed by atoms with E-state index in [1.165, 1.54) is 0 Å². The Labute approximate surface area is 245 Å². The molecule has 0 radical (unpaired) electrons. The Hall–Kier alpha value is -3.73. The van der Waals surface area contributed by atoms with Crippen LogP contribution in [0.4, 0.5) is 21.2 Å². The molecule has 0 aromatic heterocycles. The van der Waals surface area contributed by atoms with Gasteiger partial charge in [0.15, 0.2) is 12.2 Å². The fourth-order valence-electron chi connectivity index (χ4n) is 7.03. The fourth-order valence-corrected chi connectivity index (χ4v) is 9.57. The van der Waals surface area contributed by atoms with Gasteiger partial charge in [0.1, 0.15) is 11.5 Å². The maximum absolute atomic E-state index is 15.8. The van der Waals surface area contributed by atoms with E-state index < -0.39 is 31.6 Å². The lowest BCUT2D eigenvalue weighted by Crippen LogP contribution is -2.45. The van der Waals surface area contributed by atoms with Crippen molar-refractivity contribution in [1.29, 1.82) is 0 Å². The van der Waals surface area contributed by atoms with Gasteiger partial charge in [0.05, 0.1) is 31.1 Å². The van der Waals surface area contributed by atoms with Crippen molar-refractivity contribution in [3.05, 3.63) is 77.9 Å². The molecule has 0 aliphatic carbocycles. The number of amides is 2. The molecule has 220 valence electrons.